The van der Waals surface area contributed by atoms with Crippen molar-refractivity contribution in [3.8, 4) is 11.1 Å². The molecule has 5 nitrogen and oxygen atoms in total. The highest BCUT2D eigenvalue weighted by Gasteiger charge is 2.47. The number of carbonyl (C=O) groups excluding carboxylic acids is 1. The van der Waals surface area contributed by atoms with E-state index in [1.807, 2.05) is 35.2 Å². The minimum atomic E-state index is -0.0174. The number of aliphatic hydroxyl groups is 1. The largest absolute Gasteiger partial charge is 0.394 e. The maximum atomic E-state index is 13.3. The van der Waals surface area contributed by atoms with E-state index in [2.05, 4.69) is 47.3 Å². The topological polar surface area (TPSA) is 56.7 Å². The zero-order valence-electron chi connectivity index (χ0n) is 17.7. The Morgan fingerprint density at radius 2 is 1.94 bits per heavy atom. The van der Waals surface area contributed by atoms with E-state index < -0.39 is 0 Å². The molecule has 3 heterocycles. The summed E-state index contributed by atoms with van der Waals surface area (Å²) in [5.74, 6) is 0.337. The second-order valence-electron chi connectivity index (χ2n) is 8.52. The third kappa shape index (κ3) is 3.49. The standard InChI is InChI=1S/C26H27N3O2/c1-28-23-10-9-20(19-7-3-2-4-8-19)15-22(23)26-21(24(28)17-30)11-13-29(26)25(31)14-18-6-5-12-27-16-18/h2-10,12,15-16,21,24,26,30H,11,13-14,17H2,1H3/t21-,24+,26-/m0/s1. The van der Waals surface area contributed by atoms with Gasteiger partial charge in [0.1, 0.15) is 0 Å². The van der Waals surface area contributed by atoms with Gasteiger partial charge in [0.15, 0.2) is 0 Å². The van der Waals surface area contributed by atoms with E-state index >= 15 is 0 Å². The lowest BCUT2D eigenvalue weighted by Gasteiger charge is -2.44. The van der Waals surface area contributed by atoms with Crippen molar-refractivity contribution in [1.82, 2.24) is 9.88 Å². The van der Waals surface area contributed by atoms with Crippen LogP contribution in [-0.4, -0.2) is 47.1 Å². The highest BCUT2D eigenvalue weighted by molar-refractivity contribution is 5.81. The lowest BCUT2D eigenvalue weighted by atomic mass is 9.81. The molecular weight excluding hydrogens is 386 g/mol. The highest BCUT2D eigenvalue weighted by atomic mass is 16.3. The molecule has 1 amide bonds. The lowest BCUT2D eigenvalue weighted by molar-refractivity contribution is -0.132. The first-order valence-electron chi connectivity index (χ1n) is 10.9. The lowest BCUT2D eigenvalue weighted by Crippen LogP contribution is -2.48. The molecule has 5 heteroatoms. The van der Waals surface area contributed by atoms with Crippen LogP contribution in [0.15, 0.2) is 73.1 Å². The number of likely N-dealkylation sites (tertiary alicyclic amines) is 1. The Morgan fingerprint density at radius 1 is 1.10 bits per heavy atom. The number of aromatic nitrogens is 1. The summed E-state index contributed by atoms with van der Waals surface area (Å²) >= 11 is 0. The van der Waals surface area contributed by atoms with Gasteiger partial charge in [-0.2, -0.15) is 0 Å². The van der Waals surface area contributed by atoms with Crippen LogP contribution in [0.1, 0.15) is 23.6 Å². The molecule has 158 valence electrons. The van der Waals surface area contributed by atoms with Crippen LogP contribution in [0.2, 0.25) is 0 Å². The second kappa shape index (κ2) is 8.16. The fourth-order valence-electron chi connectivity index (χ4n) is 5.32. The summed E-state index contributed by atoms with van der Waals surface area (Å²) in [6, 6.07) is 20.7. The zero-order valence-corrected chi connectivity index (χ0v) is 17.7. The number of hydrogen-bond acceptors (Lipinski definition) is 4. The Kier molecular flexibility index (Phi) is 5.20. The van der Waals surface area contributed by atoms with Crippen LogP contribution in [-0.2, 0) is 11.2 Å². The van der Waals surface area contributed by atoms with Gasteiger partial charge >= 0.3 is 0 Å². The van der Waals surface area contributed by atoms with E-state index in [0.717, 1.165) is 23.2 Å². The predicted molar refractivity (Wildman–Crippen MR) is 122 cm³/mol. The summed E-state index contributed by atoms with van der Waals surface area (Å²) in [7, 11) is 2.05. The van der Waals surface area contributed by atoms with Crippen LogP contribution >= 0.6 is 0 Å². The van der Waals surface area contributed by atoms with Crippen LogP contribution < -0.4 is 4.90 Å². The van der Waals surface area contributed by atoms with E-state index in [1.54, 1.807) is 12.4 Å². The van der Waals surface area contributed by atoms with Crippen molar-refractivity contribution in [1.29, 1.82) is 0 Å². The quantitative estimate of drug-likeness (QED) is 0.709. The SMILES string of the molecule is CN1c2ccc(-c3ccccc3)cc2[C@@H]2[C@@H](CCN2C(=O)Cc2cccnc2)[C@H]1CO. The van der Waals surface area contributed by atoms with Gasteiger partial charge in [-0.25, -0.2) is 0 Å². The first kappa shape index (κ1) is 19.8. The molecule has 2 aromatic carbocycles. The zero-order chi connectivity index (χ0) is 21.4. The van der Waals surface area contributed by atoms with Gasteiger partial charge in [0, 0.05) is 37.6 Å². The average molecular weight is 414 g/mol. The molecule has 2 aliphatic heterocycles. The second-order valence-corrected chi connectivity index (χ2v) is 8.52. The maximum absolute atomic E-state index is 13.3. The van der Waals surface area contributed by atoms with Crippen LogP contribution in [0.25, 0.3) is 11.1 Å². The molecule has 1 N–H and O–H groups in total. The van der Waals surface area contributed by atoms with Gasteiger partial charge in [0.2, 0.25) is 5.91 Å². The summed E-state index contributed by atoms with van der Waals surface area (Å²) in [4.78, 5) is 21.7. The summed E-state index contributed by atoms with van der Waals surface area (Å²) < 4.78 is 0. The minimum Gasteiger partial charge on any atom is -0.394 e. The van der Waals surface area contributed by atoms with Crippen molar-refractivity contribution in [2.45, 2.75) is 24.9 Å². The summed E-state index contributed by atoms with van der Waals surface area (Å²) in [5, 5.41) is 10.2. The Hall–Kier alpha value is -3.18. The first-order valence-corrected chi connectivity index (χ1v) is 10.9. The van der Waals surface area contributed by atoms with Crippen molar-refractivity contribution < 1.29 is 9.90 Å². The van der Waals surface area contributed by atoms with Crippen molar-refractivity contribution in [2.75, 3.05) is 25.1 Å². The molecule has 1 saturated heterocycles. The Balaban J connectivity index is 1.54. The smallest absolute Gasteiger partial charge is 0.227 e. The summed E-state index contributed by atoms with van der Waals surface area (Å²) in [6.07, 6.45) is 4.74. The molecule has 0 spiro atoms. The molecule has 31 heavy (non-hydrogen) atoms. The average Bonchev–Trinajstić information content (AvgIpc) is 3.26. The Morgan fingerprint density at radius 3 is 2.68 bits per heavy atom. The highest BCUT2D eigenvalue weighted by Crippen LogP contribution is 2.49. The van der Waals surface area contributed by atoms with Crippen molar-refractivity contribution in [3.05, 3.63) is 84.2 Å². The van der Waals surface area contributed by atoms with E-state index in [0.29, 0.717) is 13.0 Å². The first-order chi connectivity index (χ1) is 15.2. The van der Waals surface area contributed by atoms with E-state index in [9.17, 15) is 9.90 Å². The van der Waals surface area contributed by atoms with Crippen molar-refractivity contribution >= 4 is 11.6 Å². The van der Waals surface area contributed by atoms with Crippen LogP contribution in [0.5, 0.6) is 0 Å². The van der Waals surface area contributed by atoms with E-state index in [4.69, 9.17) is 0 Å². The maximum Gasteiger partial charge on any atom is 0.227 e. The number of aliphatic hydroxyl groups excluding tert-OH is 1. The molecule has 1 aromatic heterocycles. The van der Waals surface area contributed by atoms with Gasteiger partial charge in [0.05, 0.1) is 25.1 Å². The summed E-state index contributed by atoms with van der Waals surface area (Å²) in [5.41, 5.74) is 5.53. The number of hydrogen-bond donors (Lipinski definition) is 1. The van der Waals surface area contributed by atoms with Crippen molar-refractivity contribution in [3.63, 3.8) is 0 Å². The van der Waals surface area contributed by atoms with Crippen LogP contribution in [0.3, 0.4) is 0 Å². The molecule has 5 rings (SSSR count). The molecule has 3 atom stereocenters. The molecule has 0 bridgehead atoms. The van der Waals surface area contributed by atoms with Gasteiger partial charge in [-0.1, -0.05) is 42.5 Å². The number of fused-ring (bicyclic) bond motifs is 3. The van der Waals surface area contributed by atoms with Crippen LogP contribution in [0.4, 0.5) is 5.69 Å². The van der Waals surface area contributed by atoms with Crippen LogP contribution in [0, 0.1) is 5.92 Å². The number of anilines is 1. The number of amides is 1. The number of rotatable bonds is 4. The molecule has 1 fully saturated rings. The third-order valence-corrected chi connectivity index (χ3v) is 6.86. The predicted octanol–water partition coefficient (Wildman–Crippen LogP) is 3.69. The van der Waals surface area contributed by atoms with E-state index in [-0.39, 0.29) is 30.5 Å². The van der Waals surface area contributed by atoms with Gasteiger partial charge in [-0.15, -0.1) is 0 Å². The molecule has 3 aromatic rings. The van der Waals surface area contributed by atoms with Gasteiger partial charge in [-0.3, -0.25) is 9.78 Å². The fourth-order valence-corrected chi connectivity index (χ4v) is 5.32. The number of nitrogens with zero attached hydrogens (tertiary/aromatic N) is 3. The normalized spacial score (nSPS) is 22.2. The summed E-state index contributed by atoms with van der Waals surface area (Å²) in [6.45, 7) is 0.802. The number of likely N-dealkylation sites (N-methyl/N-ethyl adjacent to an activating group) is 1. The Labute approximate surface area is 183 Å². The van der Waals surface area contributed by atoms with Gasteiger partial charge in [0.25, 0.3) is 0 Å². The minimum absolute atomic E-state index is 0.0104. The molecular formula is C26H27N3O2. The molecule has 2 aliphatic rings. The van der Waals surface area contributed by atoms with Gasteiger partial charge < -0.3 is 14.9 Å². The third-order valence-electron chi connectivity index (χ3n) is 6.86. The number of carbonyl (C=O) groups is 1. The molecule has 0 saturated carbocycles. The number of pyridine rings is 1. The molecule has 0 aliphatic carbocycles. The fraction of sp³-hybridized carbons (Fsp3) is 0.308. The van der Waals surface area contributed by atoms with Crippen molar-refractivity contribution in [2.24, 2.45) is 5.92 Å². The molecule has 0 unspecified atom stereocenters. The monoisotopic (exact) mass is 413 g/mol. The number of benzene rings is 2. The van der Waals surface area contributed by atoms with Gasteiger partial charge in [-0.05, 0) is 46.9 Å². The van der Waals surface area contributed by atoms with E-state index in [1.165, 1.54) is 11.1 Å². The Bertz CT molecular complexity index is 1070. The molecule has 0 radical (unpaired) electrons.